The Hall–Kier alpha value is -2.09. The highest BCUT2D eigenvalue weighted by Gasteiger charge is 2.17. The van der Waals surface area contributed by atoms with E-state index in [0.29, 0.717) is 0 Å². The van der Waals surface area contributed by atoms with Gasteiger partial charge >= 0.3 is 5.97 Å². The number of benzene rings is 2. The number of esters is 1. The summed E-state index contributed by atoms with van der Waals surface area (Å²) in [7, 11) is 0. The lowest BCUT2D eigenvalue weighted by atomic mass is 9.97. The van der Waals surface area contributed by atoms with E-state index in [2.05, 4.69) is 18.2 Å². The molecule has 0 aliphatic carbocycles. The second-order valence-corrected chi connectivity index (χ2v) is 5.19. The van der Waals surface area contributed by atoms with Crippen LogP contribution >= 0.6 is 0 Å². The summed E-state index contributed by atoms with van der Waals surface area (Å²) in [6.07, 6.45) is -0.249. The fourth-order valence-corrected chi connectivity index (χ4v) is 2.11. The number of carbonyl (C=O) groups is 1. The summed E-state index contributed by atoms with van der Waals surface area (Å²) in [5.41, 5.74) is 3.28. The Morgan fingerprint density at radius 1 is 0.900 bits per heavy atom. The van der Waals surface area contributed by atoms with Crippen LogP contribution in [0.15, 0.2) is 54.6 Å². The van der Waals surface area contributed by atoms with Crippen LogP contribution in [0.5, 0.6) is 0 Å². The second kappa shape index (κ2) is 6.38. The zero-order chi connectivity index (χ0) is 14.5. The molecule has 0 aliphatic heterocycles. The van der Waals surface area contributed by atoms with Crippen LogP contribution in [0.4, 0.5) is 0 Å². The van der Waals surface area contributed by atoms with E-state index in [1.54, 1.807) is 0 Å². The molecule has 0 N–H and O–H groups in total. The number of ether oxygens (including phenoxy) is 1. The van der Waals surface area contributed by atoms with Crippen LogP contribution in [0.3, 0.4) is 0 Å². The minimum atomic E-state index is -0.249. The SMILES string of the molecule is CC(C)C(=O)O[C@H](C)c1ccccc1-c1ccccc1. The average molecular weight is 268 g/mol. The molecule has 104 valence electrons. The average Bonchev–Trinajstić information content (AvgIpc) is 2.48. The van der Waals surface area contributed by atoms with Crippen LogP contribution in [0, 0.1) is 5.92 Å². The molecule has 0 saturated carbocycles. The van der Waals surface area contributed by atoms with Gasteiger partial charge in [-0.15, -0.1) is 0 Å². The summed E-state index contributed by atoms with van der Waals surface area (Å²) < 4.78 is 5.52. The van der Waals surface area contributed by atoms with Crippen molar-refractivity contribution < 1.29 is 9.53 Å². The standard InChI is InChI=1S/C18H20O2/c1-13(2)18(19)20-14(3)16-11-7-8-12-17(16)15-9-5-4-6-10-15/h4-14H,1-3H3/t14-/m1/s1. The molecule has 2 aromatic carbocycles. The van der Waals surface area contributed by atoms with Crippen molar-refractivity contribution in [2.75, 3.05) is 0 Å². The molecule has 0 aliphatic rings. The van der Waals surface area contributed by atoms with E-state index in [0.717, 1.165) is 16.7 Å². The molecule has 1 atom stereocenters. The maximum Gasteiger partial charge on any atom is 0.308 e. The third-order valence-corrected chi connectivity index (χ3v) is 3.25. The summed E-state index contributed by atoms with van der Waals surface area (Å²) in [5.74, 6) is -0.276. The lowest BCUT2D eigenvalue weighted by Crippen LogP contribution is -2.14. The minimum absolute atomic E-state index is 0.110. The molecule has 0 aromatic heterocycles. The van der Waals surface area contributed by atoms with Crippen molar-refractivity contribution in [2.45, 2.75) is 26.9 Å². The van der Waals surface area contributed by atoms with Gasteiger partial charge in [0.15, 0.2) is 0 Å². The van der Waals surface area contributed by atoms with Crippen LogP contribution in [-0.2, 0) is 9.53 Å². The minimum Gasteiger partial charge on any atom is -0.458 e. The number of hydrogen-bond acceptors (Lipinski definition) is 2. The predicted octanol–water partition coefficient (Wildman–Crippen LogP) is 4.61. The van der Waals surface area contributed by atoms with Crippen LogP contribution in [0.1, 0.15) is 32.4 Å². The van der Waals surface area contributed by atoms with Gasteiger partial charge in [-0.2, -0.15) is 0 Å². The molecule has 0 radical (unpaired) electrons. The van der Waals surface area contributed by atoms with Gasteiger partial charge in [0.2, 0.25) is 0 Å². The lowest BCUT2D eigenvalue weighted by Gasteiger charge is -2.18. The van der Waals surface area contributed by atoms with Crippen molar-refractivity contribution >= 4 is 5.97 Å². The first-order valence-electron chi connectivity index (χ1n) is 6.94. The van der Waals surface area contributed by atoms with E-state index < -0.39 is 0 Å². The summed E-state index contributed by atoms with van der Waals surface area (Å²) in [6, 6.07) is 18.2. The molecule has 0 bridgehead atoms. The Balaban J connectivity index is 2.31. The Kier molecular flexibility index (Phi) is 4.57. The first-order chi connectivity index (χ1) is 9.59. The van der Waals surface area contributed by atoms with Crippen molar-refractivity contribution in [3.05, 3.63) is 60.2 Å². The number of carbonyl (C=O) groups excluding carboxylic acids is 1. The molecule has 0 saturated heterocycles. The zero-order valence-corrected chi connectivity index (χ0v) is 12.2. The van der Waals surface area contributed by atoms with Crippen molar-refractivity contribution in [1.82, 2.24) is 0 Å². The van der Waals surface area contributed by atoms with Crippen LogP contribution in [0.25, 0.3) is 11.1 Å². The number of rotatable bonds is 4. The van der Waals surface area contributed by atoms with Gasteiger partial charge < -0.3 is 4.74 Å². The van der Waals surface area contributed by atoms with Crippen LogP contribution in [-0.4, -0.2) is 5.97 Å². The monoisotopic (exact) mass is 268 g/mol. The van der Waals surface area contributed by atoms with E-state index >= 15 is 0 Å². The Bertz CT molecular complexity index is 573. The highest BCUT2D eigenvalue weighted by atomic mass is 16.5. The van der Waals surface area contributed by atoms with Gasteiger partial charge in [-0.25, -0.2) is 0 Å². The van der Waals surface area contributed by atoms with E-state index in [4.69, 9.17) is 4.74 Å². The zero-order valence-electron chi connectivity index (χ0n) is 12.2. The van der Waals surface area contributed by atoms with Crippen molar-refractivity contribution in [1.29, 1.82) is 0 Å². The molecule has 0 heterocycles. The largest absolute Gasteiger partial charge is 0.458 e. The topological polar surface area (TPSA) is 26.3 Å². The third-order valence-electron chi connectivity index (χ3n) is 3.25. The maximum absolute atomic E-state index is 11.8. The summed E-state index contributed by atoms with van der Waals surface area (Å²) in [6.45, 7) is 5.61. The van der Waals surface area contributed by atoms with Gasteiger partial charge in [-0.1, -0.05) is 68.4 Å². The maximum atomic E-state index is 11.8. The summed E-state index contributed by atoms with van der Waals surface area (Å²) in [5, 5.41) is 0. The fourth-order valence-electron chi connectivity index (χ4n) is 2.11. The molecule has 2 heteroatoms. The van der Waals surface area contributed by atoms with Crippen molar-refractivity contribution in [3.63, 3.8) is 0 Å². The Morgan fingerprint density at radius 2 is 1.50 bits per heavy atom. The van der Waals surface area contributed by atoms with Gasteiger partial charge in [0.05, 0.1) is 5.92 Å². The van der Waals surface area contributed by atoms with E-state index in [1.165, 1.54) is 0 Å². The van der Waals surface area contributed by atoms with Gasteiger partial charge in [0.1, 0.15) is 6.10 Å². The van der Waals surface area contributed by atoms with Gasteiger partial charge in [-0.3, -0.25) is 4.79 Å². The second-order valence-electron chi connectivity index (χ2n) is 5.19. The number of hydrogen-bond donors (Lipinski definition) is 0. The predicted molar refractivity (Wildman–Crippen MR) is 81.2 cm³/mol. The fraction of sp³-hybridized carbons (Fsp3) is 0.278. The van der Waals surface area contributed by atoms with Gasteiger partial charge in [-0.05, 0) is 23.6 Å². The highest BCUT2D eigenvalue weighted by molar-refractivity contribution is 5.73. The lowest BCUT2D eigenvalue weighted by molar-refractivity contribution is -0.152. The van der Waals surface area contributed by atoms with Crippen molar-refractivity contribution in [2.24, 2.45) is 5.92 Å². The first kappa shape index (κ1) is 14.3. The van der Waals surface area contributed by atoms with E-state index in [-0.39, 0.29) is 18.0 Å². The molecule has 2 rings (SSSR count). The first-order valence-corrected chi connectivity index (χ1v) is 6.94. The molecule has 2 nitrogen and oxygen atoms in total. The molecule has 0 spiro atoms. The molecular weight excluding hydrogens is 248 g/mol. The van der Waals surface area contributed by atoms with Crippen LogP contribution in [0.2, 0.25) is 0 Å². The van der Waals surface area contributed by atoms with Crippen molar-refractivity contribution in [3.8, 4) is 11.1 Å². The van der Waals surface area contributed by atoms with Crippen LogP contribution < -0.4 is 0 Å². The normalized spacial score (nSPS) is 12.2. The molecule has 0 unspecified atom stereocenters. The molecule has 0 amide bonds. The smallest absolute Gasteiger partial charge is 0.308 e. The Labute approximate surface area is 120 Å². The van der Waals surface area contributed by atoms with E-state index in [9.17, 15) is 4.79 Å². The summed E-state index contributed by atoms with van der Waals surface area (Å²) >= 11 is 0. The molecule has 20 heavy (non-hydrogen) atoms. The quantitative estimate of drug-likeness (QED) is 0.757. The summed E-state index contributed by atoms with van der Waals surface area (Å²) in [4.78, 5) is 11.8. The van der Waals surface area contributed by atoms with E-state index in [1.807, 2.05) is 57.2 Å². The molecule has 0 fully saturated rings. The van der Waals surface area contributed by atoms with Gasteiger partial charge in [0, 0.05) is 0 Å². The third kappa shape index (κ3) is 3.27. The Morgan fingerprint density at radius 3 is 2.15 bits per heavy atom. The highest BCUT2D eigenvalue weighted by Crippen LogP contribution is 2.30. The molecular formula is C18H20O2. The van der Waals surface area contributed by atoms with Gasteiger partial charge in [0.25, 0.3) is 0 Å². The molecule has 2 aromatic rings.